The molecule has 1 saturated heterocycles. The zero-order valence-corrected chi connectivity index (χ0v) is 15.9. The number of esters is 1. The molecule has 136 valence electrons. The molecular formula is C20H40NO2+. The van der Waals surface area contributed by atoms with E-state index in [-0.39, 0.29) is 5.97 Å². The van der Waals surface area contributed by atoms with E-state index < -0.39 is 0 Å². The lowest BCUT2D eigenvalue weighted by Crippen LogP contribution is -2.51. The molecule has 3 nitrogen and oxygen atoms in total. The summed E-state index contributed by atoms with van der Waals surface area (Å²) in [5.74, 6) is 0.502. The average molecular weight is 327 g/mol. The van der Waals surface area contributed by atoms with Crippen LogP contribution >= 0.6 is 0 Å². The zero-order valence-electron chi connectivity index (χ0n) is 15.9. The van der Waals surface area contributed by atoms with Gasteiger partial charge < -0.3 is 9.22 Å². The maximum Gasteiger partial charge on any atom is 0.361 e. The fourth-order valence-corrected chi connectivity index (χ4v) is 3.56. The van der Waals surface area contributed by atoms with Gasteiger partial charge >= 0.3 is 5.97 Å². The quantitative estimate of drug-likeness (QED) is 0.288. The highest BCUT2D eigenvalue weighted by Crippen LogP contribution is 2.17. The summed E-state index contributed by atoms with van der Waals surface area (Å²) in [5.41, 5.74) is 0. The molecule has 3 heteroatoms. The van der Waals surface area contributed by atoms with E-state index in [4.69, 9.17) is 4.74 Å². The van der Waals surface area contributed by atoms with Gasteiger partial charge in [-0.2, -0.15) is 0 Å². The first-order chi connectivity index (χ1) is 11.1. The summed E-state index contributed by atoms with van der Waals surface area (Å²) in [6.45, 7) is 7.89. The molecule has 23 heavy (non-hydrogen) atoms. The number of rotatable bonds is 12. The number of nitrogens with zero attached hydrogens (tertiary/aromatic N) is 1. The number of hydrogen-bond acceptors (Lipinski definition) is 2. The highest BCUT2D eigenvalue weighted by atomic mass is 16.5. The van der Waals surface area contributed by atoms with Gasteiger partial charge in [-0.25, -0.2) is 4.79 Å². The van der Waals surface area contributed by atoms with Crippen LogP contribution in [0.5, 0.6) is 0 Å². The average Bonchev–Trinajstić information content (AvgIpc) is 2.52. The lowest BCUT2D eigenvalue weighted by Gasteiger charge is -2.36. The highest BCUT2D eigenvalue weighted by Gasteiger charge is 2.28. The van der Waals surface area contributed by atoms with Crippen LogP contribution in [0.25, 0.3) is 0 Å². The number of piperidine rings is 1. The molecule has 1 rings (SSSR count). The predicted molar refractivity (Wildman–Crippen MR) is 97.4 cm³/mol. The van der Waals surface area contributed by atoms with Crippen LogP contribution in [0.3, 0.4) is 0 Å². The number of carbonyl (C=O) groups excluding carboxylic acids is 1. The van der Waals surface area contributed by atoms with Crippen molar-refractivity contribution in [3.8, 4) is 0 Å². The number of likely N-dealkylation sites (tertiary alicyclic amines) is 1. The number of likely N-dealkylation sites (N-methyl/N-ethyl adjacent to an activating group) is 1. The molecule has 0 spiro atoms. The SMILES string of the molecule is CCCCCCCCCC(C)COC(=O)C[N+]1(C)CCCCC1. The molecule has 0 aromatic carbocycles. The van der Waals surface area contributed by atoms with Crippen molar-refractivity contribution >= 4 is 5.97 Å². The van der Waals surface area contributed by atoms with E-state index in [1.165, 1.54) is 70.6 Å². The van der Waals surface area contributed by atoms with Crippen LogP contribution in [0.4, 0.5) is 0 Å². The van der Waals surface area contributed by atoms with Crippen molar-refractivity contribution in [1.29, 1.82) is 0 Å². The van der Waals surface area contributed by atoms with Gasteiger partial charge in [-0.3, -0.25) is 0 Å². The smallest absolute Gasteiger partial charge is 0.361 e. The molecule has 0 aliphatic carbocycles. The number of ether oxygens (including phenoxy) is 1. The molecule has 0 aromatic rings. The molecule has 1 atom stereocenters. The molecular weight excluding hydrogens is 286 g/mol. The Morgan fingerprint density at radius 1 is 1.00 bits per heavy atom. The van der Waals surface area contributed by atoms with Gasteiger partial charge in [0.2, 0.25) is 0 Å². The molecule has 0 aromatic heterocycles. The molecule has 1 aliphatic rings. The van der Waals surface area contributed by atoms with Crippen LogP contribution in [0.1, 0.15) is 84.5 Å². The Hall–Kier alpha value is -0.570. The van der Waals surface area contributed by atoms with Crippen LogP contribution < -0.4 is 0 Å². The first-order valence-corrected chi connectivity index (χ1v) is 10.0. The minimum atomic E-state index is 0.000755. The van der Waals surface area contributed by atoms with Gasteiger partial charge in [0.15, 0.2) is 6.54 Å². The molecule has 0 bridgehead atoms. The minimum absolute atomic E-state index is 0.000755. The van der Waals surface area contributed by atoms with Crippen molar-refractivity contribution in [1.82, 2.24) is 0 Å². The van der Waals surface area contributed by atoms with Crippen LogP contribution in [-0.4, -0.2) is 43.7 Å². The predicted octanol–water partition coefficient (Wildman–Crippen LogP) is 4.94. The van der Waals surface area contributed by atoms with E-state index in [2.05, 4.69) is 20.9 Å². The van der Waals surface area contributed by atoms with Gasteiger partial charge in [0.05, 0.1) is 26.7 Å². The van der Waals surface area contributed by atoms with E-state index in [1.807, 2.05) is 0 Å². The van der Waals surface area contributed by atoms with Gasteiger partial charge in [0.1, 0.15) is 0 Å². The van der Waals surface area contributed by atoms with Crippen LogP contribution in [0, 0.1) is 5.92 Å². The lowest BCUT2D eigenvalue weighted by atomic mass is 10.0. The van der Waals surface area contributed by atoms with Gasteiger partial charge in [0, 0.05) is 0 Å². The Morgan fingerprint density at radius 3 is 2.26 bits per heavy atom. The maximum atomic E-state index is 12.1. The van der Waals surface area contributed by atoms with Crippen molar-refractivity contribution in [2.45, 2.75) is 84.5 Å². The first-order valence-electron chi connectivity index (χ1n) is 10.0. The van der Waals surface area contributed by atoms with Crippen molar-refractivity contribution in [2.75, 3.05) is 33.3 Å². The van der Waals surface area contributed by atoms with E-state index in [9.17, 15) is 4.79 Å². The van der Waals surface area contributed by atoms with Crippen LogP contribution in [0.2, 0.25) is 0 Å². The molecule has 0 radical (unpaired) electrons. The van der Waals surface area contributed by atoms with E-state index >= 15 is 0 Å². The summed E-state index contributed by atoms with van der Waals surface area (Å²) < 4.78 is 6.41. The summed E-state index contributed by atoms with van der Waals surface area (Å²) in [6, 6.07) is 0. The third-order valence-electron chi connectivity index (χ3n) is 5.24. The first kappa shape index (κ1) is 20.5. The lowest BCUT2D eigenvalue weighted by molar-refractivity contribution is -0.907. The molecule has 1 aliphatic heterocycles. The molecule has 0 saturated carbocycles. The standard InChI is InChI=1S/C20H40NO2/c1-4-5-6-7-8-9-11-14-19(2)18-23-20(22)17-21(3)15-12-10-13-16-21/h19H,4-18H2,1-3H3/q+1. The summed E-state index contributed by atoms with van der Waals surface area (Å²) in [7, 11) is 2.20. The van der Waals surface area contributed by atoms with Gasteiger partial charge in [-0.05, 0) is 31.6 Å². The topological polar surface area (TPSA) is 26.3 Å². The van der Waals surface area contributed by atoms with E-state index in [1.54, 1.807) is 0 Å². The summed E-state index contributed by atoms with van der Waals surface area (Å²) >= 11 is 0. The molecule has 1 heterocycles. The third-order valence-corrected chi connectivity index (χ3v) is 5.24. The van der Waals surface area contributed by atoms with E-state index in [0.29, 0.717) is 19.1 Å². The highest BCUT2D eigenvalue weighted by molar-refractivity contribution is 5.70. The second kappa shape index (κ2) is 11.9. The third kappa shape index (κ3) is 10.0. The molecule has 0 amide bonds. The second-order valence-electron chi connectivity index (χ2n) is 7.98. The Balaban J connectivity index is 2.01. The fourth-order valence-electron chi connectivity index (χ4n) is 3.56. The maximum absolute atomic E-state index is 12.1. The molecule has 1 unspecified atom stereocenters. The van der Waals surface area contributed by atoms with Crippen LogP contribution in [0.15, 0.2) is 0 Å². The molecule has 0 N–H and O–H groups in total. The summed E-state index contributed by atoms with van der Waals surface area (Å²) in [6.07, 6.45) is 14.4. The van der Waals surface area contributed by atoms with Crippen molar-refractivity contribution in [3.63, 3.8) is 0 Å². The normalized spacial score (nSPS) is 18.6. The largest absolute Gasteiger partial charge is 0.461 e. The number of quaternary nitrogens is 1. The number of unbranched alkanes of at least 4 members (excludes halogenated alkanes) is 6. The van der Waals surface area contributed by atoms with Crippen molar-refractivity contribution < 1.29 is 14.0 Å². The number of carbonyl (C=O) groups is 1. The monoisotopic (exact) mass is 326 g/mol. The number of hydrogen-bond donors (Lipinski definition) is 0. The van der Waals surface area contributed by atoms with Gasteiger partial charge in [-0.1, -0.05) is 58.8 Å². The Labute approximate surface area is 144 Å². The van der Waals surface area contributed by atoms with Gasteiger partial charge in [-0.15, -0.1) is 0 Å². The van der Waals surface area contributed by atoms with Gasteiger partial charge in [0.25, 0.3) is 0 Å². The van der Waals surface area contributed by atoms with Crippen molar-refractivity contribution in [3.05, 3.63) is 0 Å². The second-order valence-corrected chi connectivity index (χ2v) is 7.98. The summed E-state index contributed by atoms with van der Waals surface area (Å²) in [5, 5.41) is 0. The Morgan fingerprint density at radius 2 is 1.61 bits per heavy atom. The molecule has 1 fully saturated rings. The Bertz CT molecular complexity index is 311. The zero-order chi connectivity index (χ0) is 17.0. The summed E-state index contributed by atoms with van der Waals surface area (Å²) in [4.78, 5) is 12.1. The van der Waals surface area contributed by atoms with Crippen molar-refractivity contribution in [2.24, 2.45) is 5.92 Å². The van der Waals surface area contributed by atoms with E-state index in [0.717, 1.165) is 17.6 Å². The van der Waals surface area contributed by atoms with Crippen LogP contribution in [-0.2, 0) is 9.53 Å². The fraction of sp³-hybridized carbons (Fsp3) is 0.950. The minimum Gasteiger partial charge on any atom is -0.461 e. The Kier molecular flexibility index (Phi) is 10.6.